The van der Waals surface area contributed by atoms with Crippen molar-refractivity contribution in [1.82, 2.24) is 0 Å². The molecule has 3 aromatic carbocycles. The molecule has 0 saturated carbocycles. The first-order valence-corrected chi connectivity index (χ1v) is 11.0. The molecule has 178 valence electrons. The molecule has 4 rings (SSSR count). The normalized spacial score (nSPS) is 18.1. The first-order chi connectivity index (χ1) is 16.3. The van der Waals surface area contributed by atoms with E-state index >= 15 is 0 Å². The van der Waals surface area contributed by atoms with Gasteiger partial charge in [-0.15, -0.1) is 6.58 Å². The highest BCUT2D eigenvalue weighted by atomic mass is 19.2. The maximum absolute atomic E-state index is 15.0. The number of ether oxygens (including phenoxy) is 2. The van der Waals surface area contributed by atoms with Gasteiger partial charge in [0.15, 0.2) is 23.2 Å². The van der Waals surface area contributed by atoms with Crippen molar-refractivity contribution in [3.8, 4) is 28.0 Å². The summed E-state index contributed by atoms with van der Waals surface area (Å²) in [4.78, 5) is 0. The van der Waals surface area contributed by atoms with E-state index in [0.29, 0.717) is 12.2 Å². The highest BCUT2D eigenvalue weighted by Crippen LogP contribution is 2.37. The molecule has 7 heteroatoms. The molecule has 1 aliphatic rings. The van der Waals surface area contributed by atoms with Gasteiger partial charge in [-0.25, -0.2) is 17.6 Å². The zero-order valence-electron chi connectivity index (χ0n) is 18.5. The van der Waals surface area contributed by atoms with Crippen LogP contribution in [0.1, 0.15) is 31.2 Å². The van der Waals surface area contributed by atoms with Crippen molar-refractivity contribution >= 4 is 0 Å². The summed E-state index contributed by atoms with van der Waals surface area (Å²) in [6.07, 6.45) is 3.10. The fourth-order valence-electron chi connectivity index (χ4n) is 4.22. The first kappa shape index (κ1) is 24.0. The third kappa shape index (κ3) is 4.44. The lowest BCUT2D eigenvalue weighted by Gasteiger charge is -2.27. The Morgan fingerprint density at radius 3 is 2.15 bits per heavy atom. The van der Waals surface area contributed by atoms with Crippen molar-refractivity contribution in [2.75, 3.05) is 13.2 Å². The quantitative estimate of drug-likeness (QED) is 0.271. The smallest absolute Gasteiger partial charge is 0.201 e. The molecular weight excluding hydrogens is 451 g/mol. The molecule has 2 atom stereocenters. The van der Waals surface area contributed by atoms with Crippen molar-refractivity contribution in [3.63, 3.8) is 0 Å². The standard InChI is InChI=1S/C27H23F5O2/c1-3-17-7-5-16(14-34-17)18-8-6-15(13-22(18)28)19-9-10-20(25(30)24(19)29)21-11-12-23(33-4-2)27(32)26(21)31/h3,6,8-13,16-17H,1,4-5,7,14H2,2H3. The van der Waals surface area contributed by atoms with Crippen molar-refractivity contribution in [3.05, 3.63) is 89.8 Å². The monoisotopic (exact) mass is 474 g/mol. The predicted octanol–water partition coefficient (Wildman–Crippen LogP) is 7.56. The van der Waals surface area contributed by atoms with Crippen LogP contribution in [0.5, 0.6) is 5.75 Å². The van der Waals surface area contributed by atoms with E-state index in [0.717, 1.165) is 37.1 Å². The minimum absolute atomic E-state index is 0.0529. The Balaban J connectivity index is 1.65. The fourth-order valence-corrected chi connectivity index (χ4v) is 4.22. The third-order valence-corrected chi connectivity index (χ3v) is 6.04. The molecule has 0 amide bonds. The molecule has 0 spiro atoms. The summed E-state index contributed by atoms with van der Waals surface area (Å²) in [6.45, 7) is 5.76. The number of halogens is 5. The van der Waals surface area contributed by atoms with Gasteiger partial charge in [0.05, 0.1) is 19.3 Å². The fraction of sp³-hybridized carbons (Fsp3) is 0.259. The lowest BCUT2D eigenvalue weighted by atomic mass is 9.89. The van der Waals surface area contributed by atoms with Crippen LogP contribution < -0.4 is 4.74 Å². The van der Waals surface area contributed by atoms with Crippen LogP contribution in [0, 0.1) is 29.1 Å². The largest absolute Gasteiger partial charge is 0.491 e. The van der Waals surface area contributed by atoms with Gasteiger partial charge in [-0.05, 0) is 49.1 Å². The van der Waals surface area contributed by atoms with E-state index in [-0.39, 0.29) is 35.5 Å². The molecule has 0 N–H and O–H groups in total. The zero-order valence-corrected chi connectivity index (χ0v) is 18.5. The van der Waals surface area contributed by atoms with Gasteiger partial charge < -0.3 is 9.47 Å². The molecule has 2 unspecified atom stereocenters. The Morgan fingerprint density at radius 2 is 1.53 bits per heavy atom. The second kappa shape index (κ2) is 9.97. The van der Waals surface area contributed by atoms with Crippen LogP contribution in [-0.4, -0.2) is 19.3 Å². The van der Waals surface area contributed by atoms with E-state index in [2.05, 4.69) is 6.58 Å². The first-order valence-electron chi connectivity index (χ1n) is 11.0. The topological polar surface area (TPSA) is 18.5 Å². The van der Waals surface area contributed by atoms with Gasteiger partial charge >= 0.3 is 0 Å². The Hall–Kier alpha value is -3.19. The molecule has 1 aliphatic heterocycles. The number of benzene rings is 3. The molecule has 0 aromatic heterocycles. The predicted molar refractivity (Wildman–Crippen MR) is 120 cm³/mol. The molecule has 34 heavy (non-hydrogen) atoms. The lowest BCUT2D eigenvalue weighted by molar-refractivity contribution is 0.0321. The number of hydrogen-bond acceptors (Lipinski definition) is 2. The second-order valence-electron chi connectivity index (χ2n) is 8.08. The van der Waals surface area contributed by atoms with E-state index in [4.69, 9.17) is 9.47 Å². The molecule has 2 nitrogen and oxygen atoms in total. The second-order valence-corrected chi connectivity index (χ2v) is 8.08. The van der Waals surface area contributed by atoms with Crippen LogP contribution >= 0.6 is 0 Å². The SMILES string of the molecule is C=CC1CCC(c2ccc(-c3ccc(-c4ccc(OCC)c(F)c4F)c(F)c3F)cc2F)CO1. The molecule has 0 bridgehead atoms. The van der Waals surface area contributed by atoms with E-state index < -0.39 is 40.2 Å². The summed E-state index contributed by atoms with van der Waals surface area (Å²) in [5.41, 5.74) is -0.515. The summed E-state index contributed by atoms with van der Waals surface area (Å²) in [5, 5.41) is 0. The summed E-state index contributed by atoms with van der Waals surface area (Å²) < 4.78 is 84.1. The molecule has 0 aliphatic carbocycles. The van der Waals surface area contributed by atoms with Gasteiger partial charge in [0.2, 0.25) is 5.82 Å². The van der Waals surface area contributed by atoms with E-state index in [9.17, 15) is 22.0 Å². The van der Waals surface area contributed by atoms with Gasteiger partial charge in [-0.2, -0.15) is 4.39 Å². The van der Waals surface area contributed by atoms with Gasteiger partial charge in [-0.1, -0.05) is 30.3 Å². The molecule has 1 fully saturated rings. The molecule has 0 radical (unpaired) electrons. The lowest BCUT2D eigenvalue weighted by Crippen LogP contribution is -2.23. The minimum atomic E-state index is -1.36. The maximum Gasteiger partial charge on any atom is 0.201 e. The highest BCUT2D eigenvalue weighted by Gasteiger charge is 2.25. The van der Waals surface area contributed by atoms with E-state index in [1.54, 1.807) is 19.1 Å². The highest BCUT2D eigenvalue weighted by molar-refractivity contribution is 5.72. The van der Waals surface area contributed by atoms with Gasteiger partial charge in [0.25, 0.3) is 0 Å². The minimum Gasteiger partial charge on any atom is -0.491 e. The van der Waals surface area contributed by atoms with Crippen LogP contribution in [-0.2, 0) is 4.74 Å². The summed E-state index contributed by atoms with van der Waals surface area (Å²) in [7, 11) is 0. The van der Waals surface area contributed by atoms with Gasteiger partial charge in [0, 0.05) is 22.6 Å². The van der Waals surface area contributed by atoms with Crippen LogP contribution in [0.25, 0.3) is 22.3 Å². The molecule has 1 heterocycles. The Kier molecular flexibility index (Phi) is 7.03. The third-order valence-electron chi connectivity index (χ3n) is 6.04. The Labute approximate surface area is 194 Å². The van der Waals surface area contributed by atoms with Crippen LogP contribution in [0.15, 0.2) is 55.1 Å². The van der Waals surface area contributed by atoms with Crippen molar-refractivity contribution < 1.29 is 31.4 Å². The van der Waals surface area contributed by atoms with Crippen molar-refractivity contribution in [2.45, 2.75) is 31.8 Å². The summed E-state index contributed by atoms with van der Waals surface area (Å²) in [6, 6.07) is 8.83. The van der Waals surface area contributed by atoms with Gasteiger partial charge in [-0.3, -0.25) is 0 Å². The average molecular weight is 474 g/mol. The maximum atomic E-state index is 15.0. The number of hydrogen-bond donors (Lipinski definition) is 0. The van der Waals surface area contributed by atoms with E-state index in [1.807, 2.05) is 0 Å². The Bertz CT molecular complexity index is 1220. The zero-order chi connectivity index (χ0) is 24.4. The van der Waals surface area contributed by atoms with Crippen molar-refractivity contribution in [2.24, 2.45) is 0 Å². The van der Waals surface area contributed by atoms with Crippen molar-refractivity contribution in [1.29, 1.82) is 0 Å². The van der Waals surface area contributed by atoms with E-state index in [1.165, 1.54) is 12.1 Å². The summed E-state index contributed by atoms with van der Waals surface area (Å²) >= 11 is 0. The van der Waals surface area contributed by atoms with Crippen LogP contribution in [0.3, 0.4) is 0 Å². The van der Waals surface area contributed by atoms with Crippen LogP contribution in [0.2, 0.25) is 0 Å². The molecule has 3 aromatic rings. The molecular formula is C27H23F5O2. The Morgan fingerprint density at radius 1 is 0.882 bits per heavy atom. The van der Waals surface area contributed by atoms with Gasteiger partial charge in [0.1, 0.15) is 5.82 Å². The number of rotatable bonds is 6. The molecule has 1 saturated heterocycles. The summed E-state index contributed by atoms with van der Waals surface area (Å²) in [5.74, 6) is -6.29. The average Bonchev–Trinajstić information content (AvgIpc) is 2.84. The van der Waals surface area contributed by atoms with Crippen LogP contribution in [0.4, 0.5) is 22.0 Å².